The predicted octanol–water partition coefficient (Wildman–Crippen LogP) is 3.31. The lowest BCUT2D eigenvalue weighted by Gasteiger charge is -2.11. The van der Waals surface area contributed by atoms with Gasteiger partial charge in [0.1, 0.15) is 15.2 Å². The standard InChI is InChI=1S/C12H10BrClN2O3S/c1-19-10-4-2-8(14)6-11(10)20(17,18)16-9-3-5-12(13)15-7-9/h2-7,16H,1H3. The summed E-state index contributed by atoms with van der Waals surface area (Å²) in [4.78, 5) is 3.92. The number of halogens is 2. The number of ether oxygens (including phenoxy) is 1. The number of hydrogen-bond acceptors (Lipinski definition) is 4. The van der Waals surface area contributed by atoms with Gasteiger partial charge in [-0.1, -0.05) is 11.6 Å². The largest absolute Gasteiger partial charge is 0.495 e. The molecule has 0 aliphatic heterocycles. The fraction of sp³-hybridized carbons (Fsp3) is 0.0833. The molecule has 0 atom stereocenters. The van der Waals surface area contributed by atoms with Crippen LogP contribution in [0.1, 0.15) is 0 Å². The number of anilines is 1. The summed E-state index contributed by atoms with van der Waals surface area (Å²) >= 11 is 9.01. The van der Waals surface area contributed by atoms with Crippen LogP contribution in [0.2, 0.25) is 5.02 Å². The fourth-order valence-corrected chi connectivity index (χ4v) is 3.22. The maximum absolute atomic E-state index is 12.3. The Hall–Kier alpha value is -1.31. The van der Waals surface area contributed by atoms with E-state index in [9.17, 15) is 8.42 Å². The van der Waals surface area contributed by atoms with Gasteiger partial charge in [-0.25, -0.2) is 13.4 Å². The molecule has 106 valence electrons. The van der Waals surface area contributed by atoms with Gasteiger partial charge in [0.2, 0.25) is 0 Å². The van der Waals surface area contributed by atoms with Gasteiger partial charge in [-0.2, -0.15) is 0 Å². The molecule has 5 nitrogen and oxygen atoms in total. The zero-order valence-electron chi connectivity index (χ0n) is 10.3. The molecular weight excluding hydrogens is 368 g/mol. The number of nitrogens with one attached hydrogen (secondary N) is 1. The molecule has 0 spiro atoms. The van der Waals surface area contributed by atoms with Gasteiger partial charge in [-0.05, 0) is 46.3 Å². The van der Waals surface area contributed by atoms with Crippen molar-refractivity contribution >= 4 is 43.2 Å². The second kappa shape index (κ2) is 5.99. The molecule has 0 radical (unpaired) electrons. The minimum atomic E-state index is -3.81. The lowest BCUT2D eigenvalue weighted by atomic mass is 10.3. The molecule has 0 aliphatic rings. The highest BCUT2D eigenvalue weighted by atomic mass is 79.9. The first kappa shape index (κ1) is 15.1. The van der Waals surface area contributed by atoms with Crippen molar-refractivity contribution < 1.29 is 13.2 Å². The first-order chi connectivity index (χ1) is 9.42. The molecule has 0 bridgehead atoms. The van der Waals surface area contributed by atoms with E-state index < -0.39 is 10.0 Å². The highest BCUT2D eigenvalue weighted by Gasteiger charge is 2.20. The van der Waals surface area contributed by atoms with Gasteiger partial charge in [-0.15, -0.1) is 0 Å². The van der Waals surface area contributed by atoms with Crippen LogP contribution in [0.3, 0.4) is 0 Å². The monoisotopic (exact) mass is 376 g/mol. The summed E-state index contributed by atoms with van der Waals surface area (Å²) in [5.74, 6) is 0.215. The van der Waals surface area contributed by atoms with Crippen molar-refractivity contribution in [3.8, 4) is 5.75 Å². The lowest BCUT2D eigenvalue weighted by Crippen LogP contribution is -2.14. The number of sulfonamides is 1. The van der Waals surface area contributed by atoms with Crippen LogP contribution in [0.4, 0.5) is 5.69 Å². The molecular formula is C12H10BrClN2O3S. The van der Waals surface area contributed by atoms with Crippen molar-refractivity contribution in [2.45, 2.75) is 4.90 Å². The Labute approximate surface area is 130 Å². The van der Waals surface area contributed by atoms with Crippen LogP contribution in [0.15, 0.2) is 46.0 Å². The van der Waals surface area contributed by atoms with Gasteiger partial charge in [0.15, 0.2) is 0 Å². The number of rotatable bonds is 4. The van der Waals surface area contributed by atoms with E-state index in [0.29, 0.717) is 15.3 Å². The minimum absolute atomic E-state index is 0.0320. The first-order valence-corrected chi connectivity index (χ1v) is 8.06. The molecule has 1 aromatic heterocycles. The quantitative estimate of drug-likeness (QED) is 0.830. The van der Waals surface area contributed by atoms with E-state index in [1.807, 2.05) is 0 Å². The summed E-state index contributed by atoms with van der Waals surface area (Å²) < 4.78 is 32.7. The molecule has 0 aliphatic carbocycles. The maximum Gasteiger partial charge on any atom is 0.265 e. The van der Waals surface area contributed by atoms with Crippen molar-refractivity contribution in [3.63, 3.8) is 0 Å². The Morgan fingerprint density at radius 2 is 2.05 bits per heavy atom. The zero-order valence-corrected chi connectivity index (χ0v) is 13.5. The fourth-order valence-electron chi connectivity index (χ4n) is 1.51. The number of aromatic nitrogens is 1. The average molecular weight is 378 g/mol. The number of nitrogens with zero attached hydrogens (tertiary/aromatic N) is 1. The van der Waals surface area contributed by atoms with Crippen molar-refractivity contribution in [2.75, 3.05) is 11.8 Å². The molecule has 0 amide bonds. The van der Waals surface area contributed by atoms with Crippen LogP contribution in [0.25, 0.3) is 0 Å². The normalized spacial score (nSPS) is 11.2. The molecule has 1 aromatic carbocycles. The predicted molar refractivity (Wildman–Crippen MR) is 80.7 cm³/mol. The maximum atomic E-state index is 12.3. The van der Waals surface area contributed by atoms with Gasteiger partial charge < -0.3 is 4.74 Å². The summed E-state index contributed by atoms with van der Waals surface area (Å²) in [6, 6.07) is 7.60. The third-order valence-electron chi connectivity index (χ3n) is 2.39. The summed E-state index contributed by atoms with van der Waals surface area (Å²) in [6.07, 6.45) is 1.40. The molecule has 1 N–H and O–H groups in total. The molecule has 1 heterocycles. The van der Waals surface area contributed by atoms with E-state index in [0.717, 1.165) is 0 Å². The van der Waals surface area contributed by atoms with Crippen LogP contribution < -0.4 is 9.46 Å². The number of pyridine rings is 1. The molecule has 8 heteroatoms. The van der Waals surface area contributed by atoms with Gasteiger partial charge >= 0.3 is 0 Å². The molecule has 20 heavy (non-hydrogen) atoms. The van der Waals surface area contributed by atoms with E-state index in [2.05, 4.69) is 25.6 Å². The highest BCUT2D eigenvalue weighted by molar-refractivity contribution is 9.10. The van der Waals surface area contributed by atoms with Crippen molar-refractivity contribution in [3.05, 3.63) is 46.2 Å². The lowest BCUT2D eigenvalue weighted by molar-refractivity contribution is 0.403. The molecule has 0 unspecified atom stereocenters. The SMILES string of the molecule is COc1ccc(Cl)cc1S(=O)(=O)Nc1ccc(Br)nc1. The van der Waals surface area contributed by atoms with Gasteiger partial charge in [0, 0.05) is 5.02 Å². The second-order valence-corrected chi connectivity index (χ2v) is 6.67. The Balaban J connectivity index is 2.40. The first-order valence-electron chi connectivity index (χ1n) is 5.40. The van der Waals surface area contributed by atoms with Crippen LogP contribution >= 0.6 is 27.5 Å². The topological polar surface area (TPSA) is 68.3 Å². The van der Waals surface area contributed by atoms with Gasteiger partial charge in [0.25, 0.3) is 10.0 Å². The Kier molecular flexibility index (Phi) is 4.52. The number of methoxy groups -OCH3 is 1. The van der Waals surface area contributed by atoms with Gasteiger partial charge in [0.05, 0.1) is 19.0 Å². The average Bonchev–Trinajstić information content (AvgIpc) is 2.41. The van der Waals surface area contributed by atoms with Crippen molar-refractivity contribution in [1.29, 1.82) is 0 Å². The van der Waals surface area contributed by atoms with Crippen LogP contribution in [0.5, 0.6) is 5.75 Å². The van der Waals surface area contributed by atoms with E-state index in [1.54, 1.807) is 18.2 Å². The van der Waals surface area contributed by atoms with Gasteiger partial charge in [-0.3, -0.25) is 4.72 Å². The number of hydrogen-bond donors (Lipinski definition) is 1. The molecule has 0 saturated heterocycles. The second-order valence-electron chi connectivity index (χ2n) is 3.77. The van der Waals surface area contributed by atoms with E-state index in [4.69, 9.17) is 16.3 Å². The third-order valence-corrected chi connectivity index (χ3v) is 4.50. The summed E-state index contributed by atoms with van der Waals surface area (Å²) in [7, 11) is -2.41. The molecule has 0 saturated carbocycles. The Bertz CT molecular complexity index is 720. The molecule has 0 fully saturated rings. The van der Waals surface area contributed by atoms with Crippen LogP contribution in [-0.2, 0) is 10.0 Å². The van der Waals surface area contributed by atoms with E-state index in [1.165, 1.54) is 25.4 Å². The van der Waals surface area contributed by atoms with Crippen molar-refractivity contribution in [1.82, 2.24) is 4.98 Å². The zero-order chi connectivity index (χ0) is 14.8. The summed E-state index contributed by atoms with van der Waals surface area (Å²) in [5, 5.41) is 0.306. The molecule has 2 aromatic rings. The number of benzene rings is 1. The van der Waals surface area contributed by atoms with Crippen LogP contribution in [-0.4, -0.2) is 20.5 Å². The van der Waals surface area contributed by atoms with E-state index >= 15 is 0 Å². The minimum Gasteiger partial charge on any atom is -0.495 e. The third kappa shape index (κ3) is 3.41. The molecule has 2 rings (SSSR count). The Morgan fingerprint density at radius 1 is 1.30 bits per heavy atom. The smallest absolute Gasteiger partial charge is 0.265 e. The highest BCUT2D eigenvalue weighted by Crippen LogP contribution is 2.28. The Morgan fingerprint density at radius 3 is 2.65 bits per heavy atom. The van der Waals surface area contributed by atoms with Crippen LogP contribution in [0, 0.1) is 0 Å². The van der Waals surface area contributed by atoms with E-state index in [-0.39, 0.29) is 10.6 Å². The summed E-state index contributed by atoms with van der Waals surface area (Å²) in [5.41, 5.74) is 0.343. The van der Waals surface area contributed by atoms with Crippen molar-refractivity contribution in [2.24, 2.45) is 0 Å². The summed E-state index contributed by atoms with van der Waals surface area (Å²) in [6.45, 7) is 0.